The monoisotopic (exact) mass is 191 g/mol. The van der Waals surface area contributed by atoms with Crippen molar-refractivity contribution in [3.63, 3.8) is 0 Å². The normalized spacial score (nSPS) is 20.1. The van der Waals surface area contributed by atoms with Crippen LogP contribution in [-0.4, -0.2) is 16.8 Å². The lowest BCUT2D eigenvalue weighted by Crippen LogP contribution is -2.28. The van der Waals surface area contributed by atoms with Crippen molar-refractivity contribution < 1.29 is 10.2 Å². The van der Waals surface area contributed by atoms with Gasteiger partial charge < -0.3 is 15.5 Å². The molecule has 0 aromatic heterocycles. The van der Waals surface area contributed by atoms with Gasteiger partial charge in [0.05, 0.1) is 6.04 Å². The van der Waals surface area contributed by atoms with E-state index in [-0.39, 0.29) is 17.5 Å². The number of benzene rings is 1. The van der Waals surface area contributed by atoms with E-state index in [2.05, 4.69) is 11.9 Å². The van der Waals surface area contributed by atoms with Gasteiger partial charge >= 0.3 is 0 Å². The summed E-state index contributed by atoms with van der Waals surface area (Å²) in [5, 5.41) is 22.3. The molecule has 3 N–H and O–H groups in total. The molecule has 0 saturated heterocycles. The summed E-state index contributed by atoms with van der Waals surface area (Å²) in [4.78, 5) is 0. The van der Waals surface area contributed by atoms with Crippen LogP contribution in [0.2, 0.25) is 0 Å². The molecule has 3 nitrogen and oxygen atoms in total. The Labute approximate surface area is 82.7 Å². The molecule has 14 heavy (non-hydrogen) atoms. The van der Waals surface area contributed by atoms with E-state index in [1.165, 1.54) is 6.07 Å². The van der Waals surface area contributed by atoms with Crippen molar-refractivity contribution in [2.75, 3.05) is 6.54 Å². The lowest BCUT2D eigenvalue weighted by Gasteiger charge is -2.25. The number of phenolic OH excluding ortho intramolecular Hbond substituents is 2. The molecule has 0 amide bonds. The summed E-state index contributed by atoms with van der Waals surface area (Å²) >= 11 is 0. The van der Waals surface area contributed by atoms with Gasteiger partial charge in [-0.25, -0.2) is 0 Å². The zero-order valence-corrected chi connectivity index (χ0v) is 7.83. The predicted molar refractivity (Wildman–Crippen MR) is 54.4 cm³/mol. The quantitative estimate of drug-likeness (QED) is 0.465. The van der Waals surface area contributed by atoms with Gasteiger partial charge in [0.25, 0.3) is 0 Å². The molecule has 0 spiro atoms. The van der Waals surface area contributed by atoms with E-state index < -0.39 is 0 Å². The molecule has 1 aliphatic rings. The summed E-state index contributed by atoms with van der Waals surface area (Å²) in [6.45, 7) is 4.57. The molecule has 2 rings (SSSR count). The molecule has 3 heteroatoms. The fourth-order valence-electron chi connectivity index (χ4n) is 1.87. The van der Waals surface area contributed by atoms with Crippen LogP contribution in [0, 0.1) is 0 Å². The zero-order chi connectivity index (χ0) is 10.1. The molecular formula is C11H13NO2. The van der Waals surface area contributed by atoms with E-state index in [1.807, 2.05) is 6.07 Å². The molecule has 1 atom stereocenters. The highest BCUT2D eigenvalue weighted by atomic mass is 16.3. The van der Waals surface area contributed by atoms with Crippen LogP contribution in [0.5, 0.6) is 11.5 Å². The van der Waals surface area contributed by atoms with Gasteiger partial charge in [-0.2, -0.15) is 0 Å². The number of phenols is 2. The van der Waals surface area contributed by atoms with E-state index in [0.717, 1.165) is 24.1 Å². The highest BCUT2D eigenvalue weighted by molar-refractivity contribution is 5.52. The summed E-state index contributed by atoms with van der Waals surface area (Å²) < 4.78 is 0. The van der Waals surface area contributed by atoms with Gasteiger partial charge in [-0.05, 0) is 18.1 Å². The van der Waals surface area contributed by atoms with Crippen LogP contribution < -0.4 is 5.32 Å². The SMILES string of the molecule is C=CC1NCCc2ccc(O)c(O)c21. The molecule has 0 saturated carbocycles. The molecule has 0 radical (unpaired) electrons. The largest absolute Gasteiger partial charge is 0.504 e. The number of aromatic hydroxyl groups is 2. The zero-order valence-electron chi connectivity index (χ0n) is 7.83. The van der Waals surface area contributed by atoms with Crippen LogP contribution in [0.3, 0.4) is 0 Å². The van der Waals surface area contributed by atoms with Crippen molar-refractivity contribution in [2.24, 2.45) is 0 Å². The second kappa shape index (κ2) is 3.35. The molecule has 0 bridgehead atoms. The number of fused-ring (bicyclic) bond motifs is 1. The highest BCUT2D eigenvalue weighted by Gasteiger charge is 2.22. The Morgan fingerprint density at radius 3 is 2.93 bits per heavy atom. The average molecular weight is 191 g/mol. The third kappa shape index (κ3) is 1.26. The third-order valence-corrected chi connectivity index (χ3v) is 2.59. The molecule has 1 aromatic rings. The fraction of sp³-hybridized carbons (Fsp3) is 0.273. The summed E-state index contributed by atoms with van der Waals surface area (Å²) in [7, 11) is 0. The van der Waals surface area contributed by atoms with Gasteiger partial charge in [-0.3, -0.25) is 0 Å². The Morgan fingerprint density at radius 2 is 2.21 bits per heavy atom. The summed E-state index contributed by atoms with van der Waals surface area (Å²) in [5.74, 6) is -0.0982. The third-order valence-electron chi connectivity index (χ3n) is 2.59. The van der Waals surface area contributed by atoms with Crippen molar-refractivity contribution in [3.8, 4) is 11.5 Å². The first-order valence-electron chi connectivity index (χ1n) is 4.63. The van der Waals surface area contributed by atoms with Crippen molar-refractivity contribution >= 4 is 0 Å². The number of hydrogen-bond donors (Lipinski definition) is 3. The Bertz CT molecular complexity index is 374. The van der Waals surface area contributed by atoms with Crippen LogP contribution in [-0.2, 0) is 6.42 Å². The predicted octanol–water partition coefficient (Wildman–Crippen LogP) is 1.47. The Balaban J connectivity index is 2.58. The standard InChI is InChI=1S/C11H13NO2/c1-2-8-10-7(5-6-12-8)3-4-9(13)11(10)14/h2-4,8,12-14H,1,5-6H2. The molecule has 0 aliphatic carbocycles. The first-order valence-corrected chi connectivity index (χ1v) is 4.63. The van der Waals surface area contributed by atoms with Crippen molar-refractivity contribution in [1.82, 2.24) is 5.32 Å². The van der Waals surface area contributed by atoms with Gasteiger partial charge in [-0.15, -0.1) is 6.58 Å². The molecule has 1 aromatic carbocycles. The van der Waals surface area contributed by atoms with Crippen molar-refractivity contribution in [3.05, 3.63) is 35.9 Å². The minimum absolute atomic E-state index is 0.0281. The maximum atomic E-state index is 9.71. The van der Waals surface area contributed by atoms with Crippen LogP contribution in [0.1, 0.15) is 17.2 Å². The van der Waals surface area contributed by atoms with Crippen LogP contribution in [0.25, 0.3) is 0 Å². The van der Waals surface area contributed by atoms with E-state index in [1.54, 1.807) is 6.08 Å². The van der Waals surface area contributed by atoms with E-state index in [9.17, 15) is 10.2 Å². The van der Waals surface area contributed by atoms with Gasteiger partial charge in [-0.1, -0.05) is 12.1 Å². The van der Waals surface area contributed by atoms with Crippen molar-refractivity contribution in [1.29, 1.82) is 0 Å². The highest BCUT2D eigenvalue weighted by Crippen LogP contribution is 2.37. The number of nitrogens with one attached hydrogen (secondary N) is 1. The first kappa shape index (κ1) is 9.09. The van der Waals surface area contributed by atoms with E-state index in [4.69, 9.17) is 0 Å². The maximum absolute atomic E-state index is 9.71. The van der Waals surface area contributed by atoms with Gasteiger partial charge in [0, 0.05) is 12.1 Å². The Hall–Kier alpha value is -1.48. The smallest absolute Gasteiger partial charge is 0.162 e. The van der Waals surface area contributed by atoms with Crippen molar-refractivity contribution in [2.45, 2.75) is 12.5 Å². The number of rotatable bonds is 1. The molecule has 1 heterocycles. The first-order chi connectivity index (χ1) is 6.74. The summed E-state index contributed by atoms with van der Waals surface area (Å²) in [5.41, 5.74) is 1.83. The molecule has 1 unspecified atom stereocenters. The minimum Gasteiger partial charge on any atom is -0.504 e. The molecule has 74 valence electrons. The topological polar surface area (TPSA) is 52.5 Å². The maximum Gasteiger partial charge on any atom is 0.162 e. The van der Waals surface area contributed by atoms with E-state index in [0.29, 0.717) is 0 Å². The lowest BCUT2D eigenvalue weighted by atomic mass is 9.93. The van der Waals surface area contributed by atoms with Crippen LogP contribution >= 0.6 is 0 Å². The van der Waals surface area contributed by atoms with E-state index >= 15 is 0 Å². The lowest BCUT2D eigenvalue weighted by molar-refractivity contribution is 0.391. The minimum atomic E-state index is -0.0701. The summed E-state index contributed by atoms with van der Waals surface area (Å²) in [6, 6.07) is 3.31. The average Bonchev–Trinajstić information content (AvgIpc) is 2.23. The number of hydrogen-bond acceptors (Lipinski definition) is 3. The Kier molecular flexibility index (Phi) is 2.17. The van der Waals surface area contributed by atoms with Gasteiger partial charge in [0.15, 0.2) is 11.5 Å². The van der Waals surface area contributed by atoms with Crippen LogP contribution in [0.4, 0.5) is 0 Å². The molecule has 0 fully saturated rings. The summed E-state index contributed by atoms with van der Waals surface area (Å²) in [6.07, 6.45) is 2.60. The van der Waals surface area contributed by atoms with Crippen LogP contribution in [0.15, 0.2) is 24.8 Å². The fourth-order valence-corrected chi connectivity index (χ4v) is 1.87. The van der Waals surface area contributed by atoms with Gasteiger partial charge in [0.1, 0.15) is 0 Å². The second-order valence-electron chi connectivity index (χ2n) is 3.42. The second-order valence-corrected chi connectivity index (χ2v) is 3.42. The molecular weight excluding hydrogens is 178 g/mol. The van der Waals surface area contributed by atoms with Gasteiger partial charge in [0.2, 0.25) is 0 Å². The molecule has 1 aliphatic heterocycles. The Morgan fingerprint density at radius 1 is 1.43 bits per heavy atom.